The summed E-state index contributed by atoms with van der Waals surface area (Å²) in [5.74, 6) is 0.892. The summed E-state index contributed by atoms with van der Waals surface area (Å²) >= 11 is 0. The Bertz CT molecular complexity index is 388. The van der Waals surface area contributed by atoms with Gasteiger partial charge in [0.2, 0.25) is 5.91 Å². The number of aromatic nitrogens is 1. The number of nitrogens with zero attached hydrogens (tertiary/aromatic N) is 2. The van der Waals surface area contributed by atoms with Gasteiger partial charge in [-0.1, -0.05) is 6.07 Å². The van der Waals surface area contributed by atoms with Crippen molar-refractivity contribution >= 4 is 5.91 Å². The summed E-state index contributed by atoms with van der Waals surface area (Å²) in [5.41, 5.74) is 1.21. The van der Waals surface area contributed by atoms with Crippen molar-refractivity contribution in [2.75, 3.05) is 26.7 Å². The van der Waals surface area contributed by atoms with Crippen molar-refractivity contribution in [3.8, 4) is 0 Å². The van der Waals surface area contributed by atoms with Crippen LogP contribution < -0.4 is 5.32 Å². The van der Waals surface area contributed by atoms with Gasteiger partial charge in [-0.2, -0.15) is 0 Å². The fourth-order valence-electron chi connectivity index (χ4n) is 2.54. The number of hydrogen-bond donors (Lipinski definition) is 1. The third kappa shape index (κ3) is 4.63. The van der Waals surface area contributed by atoms with Crippen LogP contribution in [0.3, 0.4) is 0 Å². The molecule has 19 heavy (non-hydrogen) atoms. The first-order chi connectivity index (χ1) is 9.25. The molecule has 104 valence electrons. The number of amides is 1. The van der Waals surface area contributed by atoms with E-state index in [1.54, 1.807) is 6.20 Å². The van der Waals surface area contributed by atoms with Crippen LogP contribution in [0, 0.1) is 5.92 Å². The van der Waals surface area contributed by atoms with Gasteiger partial charge >= 0.3 is 0 Å². The predicted octanol–water partition coefficient (Wildman–Crippen LogP) is 1.47. The lowest BCUT2D eigenvalue weighted by atomic mass is 10.1. The summed E-state index contributed by atoms with van der Waals surface area (Å²) in [6, 6.07) is 4.00. The van der Waals surface area contributed by atoms with E-state index in [2.05, 4.69) is 16.4 Å². The van der Waals surface area contributed by atoms with Gasteiger partial charge in [0.15, 0.2) is 0 Å². The lowest BCUT2D eigenvalue weighted by molar-refractivity contribution is -0.130. The van der Waals surface area contributed by atoms with Crippen LogP contribution in [0.15, 0.2) is 24.5 Å². The molecule has 1 aromatic rings. The Morgan fingerprint density at radius 3 is 3.16 bits per heavy atom. The molecule has 0 spiro atoms. The maximum absolute atomic E-state index is 12.0. The largest absolute Gasteiger partial charge is 0.345 e. The molecule has 0 aromatic carbocycles. The quantitative estimate of drug-likeness (QED) is 0.843. The molecule has 0 saturated carbocycles. The third-order valence-corrected chi connectivity index (χ3v) is 3.70. The van der Waals surface area contributed by atoms with Crippen molar-refractivity contribution < 1.29 is 4.79 Å². The van der Waals surface area contributed by atoms with Gasteiger partial charge in [0.05, 0.1) is 0 Å². The molecule has 1 aliphatic heterocycles. The highest BCUT2D eigenvalue weighted by molar-refractivity contribution is 5.75. The molecule has 0 radical (unpaired) electrons. The van der Waals surface area contributed by atoms with E-state index >= 15 is 0 Å². The first-order valence-electron chi connectivity index (χ1n) is 7.09. The molecule has 1 aliphatic rings. The molecule has 1 fully saturated rings. The van der Waals surface area contributed by atoms with Gasteiger partial charge in [-0.25, -0.2) is 0 Å². The van der Waals surface area contributed by atoms with Crippen LogP contribution in [-0.4, -0.2) is 42.5 Å². The van der Waals surface area contributed by atoms with Crippen molar-refractivity contribution in [3.05, 3.63) is 30.1 Å². The van der Waals surface area contributed by atoms with E-state index in [9.17, 15) is 4.79 Å². The molecule has 2 heterocycles. The minimum Gasteiger partial charge on any atom is -0.345 e. The van der Waals surface area contributed by atoms with Crippen LogP contribution in [0.25, 0.3) is 0 Å². The molecule has 2 rings (SSSR count). The van der Waals surface area contributed by atoms with Gasteiger partial charge in [-0.3, -0.25) is 9.78 Å². The zero-order valence-corrected chi connectivity index (χ0v) is 11.6. The second-order valence-electron chi connectivity index (χ2n) is 5.35. The minimum absolute atomic E-state index is 0.260. The SMILES string of the molecule is CN(CC1CCNC1)C(=O)CCCc1cccnc1. The highest BCUT2D eigenvalue weighted by Crippen LogP contribution is 2.10. The molecular weight excluding hydrogens is 238 g/mol. The molecule has 0 bridgehead atoms. The van der Waals surface area contributed by atoms with Gasteiger partial charge in [-0.05, 0) is 49.9 Å². The summed E-state index contributed by atoms with van der Waals surface area (Å²) in [6.07, 6.45) is 7.30. The zero-order valence-electron chi connectivity index (χ0n) is 11.6. The van der Waals surface area contributed by atoms with E-state index in [1.165, 1.54) is 12.0 Å². The van der Waals surface area contributed by atoms with Gasteiger partial charge in [0.25, 0.3) is 0 Å². The number of hydrogen-bond acceptors (Lipinski definition) is 3. The maximum atomic E-state index is 12.0. The van der Waals surface area contributed by atoms with Crippen LogP contribution in [-0.2, 0) is 11.2 Å². The summed E-state index contributed by atoms with van der Waals surface area (Å²) in [6.45, 7) is 3.03. The second-order valence-corrected chi connectivity index (χ2v) is 5.35. The number of rotatable bonds is 6. The fraction of sp³-hybridized carbons (Fsp3) is 0.600. The molecule has 4 nitrogen and oxygen atoms in total. The zero-order chi connectivity index (χ0) is 13.5. The average molecular weight is 261 g/mol. The smallest absolute Gasteiger partial charge is 0.222 e. The number of nitrogens with one attached hydrogen (secondary N) is 1. The highest BCUT2D eigenvalue weighted by Gasteiger charge is 2.18. The van der Waals surface area contributed by atoms with Crippen molar-refractivity contribution in [1.82, 2.24) is 15.2 Å². The van der Waals surface area contributed by atoms with Crippen molar-refractivity contribution in [2.45, 2.75) is 25.7 Å². The summed E-state index contributed by atoms with van der Waals surface area (Å²) in [5, 5.41) is 3.34. The van der Waals surface area contributed by atoms with Crippen LogP contribution in [0.1, 0.15) is 24.8 Å². The van der Waals surface area contributed by atoms with Crippen LogP contribution in [0.2, 0.25) is 0 Å². The molecule has 1 unspecified atom stereocenters. The molecule has 1 saturated heterocycles. The van der Waals surface area contributed by atoms with Gasteiger partial charge in [-0.15, -0.1) is 0 Å². The molecular formula is C15H23N3O. The lowest BCUT2D eigenvalue weighted by Gasteiger charge is -2.20. The monoisotopic (exact) mass is 261 g/mol. The van der Waals surface area contributed by atoms with E-state index in [-0.39, 0.29) is 5.91 Å². The second kappa shape index (κ2) is 7.24. The Morgan fingerprint density at radius 1 is 1.58 bits per heavy atom. The number of carbonyl (C=O) groups excluding carboxylic acids is 1. The van der Waals surface area contributed by atoms with E-state index in [0.29, 0.717) is 12.3 Å². The molecule has 1 atom stereocenters. The van der Waals surface area contributed by atoms with Crippen LogP contribution in [0.5, 0.6) is 0 Å². The predicted molar refractivity (Wildman–Crippen MR) is 75.8 cm³/mol. The Balaban J connectivity index is 1.66. The Kier molecular flexibility index (Phi) is 5.33. The van der Waals surface area contributed by atoms with E-state index < -0.39 is 0 Å². The Hall–Kier alpha value is -1.42. The molecule has 1 amide bonds. The van der Waals surface area contributed by atoms with Gasteiger partial charge in [0, 0.05) is 32.4 Å². The van der Waals surface area contributed by atoms with E-state index in [0.717, 1.165) is 32.5 Å². The normalized spacial score (nSPS) is 18.5. The van der Waals surface area contributed by atoms with Crippen molar-refractivity contribution in [2.24, 2.45) is 5.92 Å². The number of aryl methyl sites for hydroxylation is 1. The maximum Gasteiger partial charge on any atom is 0.222 e. The fourth-order valence-corrected chi connectivity index (χ4v) is 2.54. The summed E-state index contributed by atoms with van der Waals surface area (Å²) in [4.78, 5) is 18.0. The highest BCUT2D eigenvalue weighted by atomic mass is 16.2. The molecule has 1 aromatic heterocycles. The number of pyridine rings is 1. The Morgan fingerprint density at radius 2 is 2.47 bits per heavy atom. The van der Waals surface area contributed by atoms with Crippen LogP contribution in [0.4, 0.5) is 0 Å². The molecule has 4 heteroatoms. The minimum atomic E-state index is 0.260. The average Bonchev–Trinajstić information content (AvgIpc) is 2.92. The van der Waals surface area contributed by atoms with Gasteiger partial charge in [0.1, 0.15) is 0 Å². The molecule has 1 N–H and O–H groups in total. The Labute approximate surface area is 115 Å². The lowest BCUT2D eigenvalue weighted by Crippen LogP contribution is -2.32. The van der Waals surface area contributed by atoms with Gasteiger partial charge < -0.3 is 10.2 Å². The topological polar surface area (TPSA) is 45.2 Å². The first-order valence-corrected chi connectivity index (χ1v) is 7.09. The van der Waals surface area contributed by atoms with E-state index in [1.807, 2.05) is 24.2 Å². The van der Waals surface area contributed by atoms with Crippen molar-refractivity contribution in [1.29, 1.82) is 0 Å². The third-order valence-electron chi connectivity index (χ3n) is 3.70. The summed E-state index contributed by atoms with van der Waals surface area (Å²) < 4.78 is 0. The standard InChI is InChI=1S/C15H23N3O/c1-18(12-14-7-9-17-11-14)15(19)6-2-4-13-5-3-8-16-10-13/h3,5,8,10,14,17H,2,4,6-7,9,11-12H2,1H3. The summed E-state index contributed by atoms with van der Waals surface area (Å²) in [7, 11) is 1.92. The van der Waals surface area contributed by atoms with Crippen molar-refractivity contribution in [3.63, 3.8) is 0 Å². The molecule has 0 aliphatic carbocycles. The van der Waals surface area contributed by atoms with Crippen LogP contribution >= 0.6 is 0 Å². The van der Waals surface area contributed by atoms with E-state index in [4.69, 9.17) is 0 Å². The first kappa shape index (κ1) is 14.0. The number of carbonyl (C=O) groups is 1.